The maximum absolute atomic E-state index is 12.5. The summed E-state index contributed by atoms with van der Waals surface area (Å²) in [5.74, 6) is 0.920. The summed E-state index contributed by atoms with van der Waals surface area (Å²) in [6.45, 7) is 1.78. The first-order chi connectivity index (χ1) is 12.5. The number of pyridine rings is 1. The molecule has 0 atom stereocenters. The molecule has 0 fully saturated rings. The Morgan fingerprint density at radius 1 is 1.27 bits per heavy atom. The molecule has 8 heteroatoms. The molecule has 0 saturated carbocycles. The quantitative estimate of drug-likeness (QED) is 0.511. The van der Waals surface area contributed by atoms with E-state index in [4.69, 9.17) is 9.47 Å². The average molecular weight is 417 g/mol. The Morgan fingerprint density at radius 3 is 2.81 bits per heavy atom. The van der Waals surface area contributed by atoms with Crippen molar-refractivity contribution in [2.24, 2.45) is 5.10 Å². The second-order valence-electron chi connectivity index (χ2n) is 5.43. The van der Waals surface area contributed by atoms with Crippen LogP contribution in [-0.2, 0) is 0 Å². The van der Waals surface area contributed by atoms with Gasteiger partial charge in [0.1, 0.15) is 22.8 Å². The van der Waals surface area contributed by atoms with Gasteiger partial charge in [-0.05, 0) is 47.1 Å². The number of carbonyl (C=O) groups excluding carboxylic acids is 1. The van der Waals surface area contributed by atoms with Gasteiger partial charge < -0.3 is 9.47 Å². The highest BCUT2D eigenvalue weighted by Crippen LogP contribution is 2.23. The molecule has 3 rings (SSSR count). The lowest BCUT2D eigenvalue weighted by Gasteiger charge is -2.07. The summed E-state index contributed by atoms with van der Waals surface area (Å²) >= 11 is 3.40. The number of aromatic nitrogens is 2. The number of benzene rings is 1. The fourth-order valence-electron chi connectivity index (χ4n) is 2.55. The van der Waals surface area contributed by atoms with Crippen LogP contribution in [-0.4, -0.2) is 35.7 Å². The third-order valence-corrected chi connectivity index (χ3v) is 4.25. The summed E-state index contributed by atoms with van der Waals surface area (Å²) in [6, 6.07) is 9.04. The lowest BCUT2D eigenvalue weighted by Crippen LogP contribution is -2.20. The lowest BCUT2D eigenvalue weighted by atomic mass is 10.2. The molecule has 0 radical (unpaired) electrons. The van der Waals surface area contributed by atoms with Gasteiger partial charge in [0.2, 0.25) is 0 Å². The van der Waals surface area contributed by atoms with Crippen molar-refractivity contribution < 1.29 is 14.3 Å². The van der Waals surface area contributed by atoms with Gasteiger partial charge in [0.05, 0.1) is 26.1 Å². The molecule has 0 aliphatic rings. The third-order valence-electron chi connectivity index (χ3n) is 3.78. The normalized spacial score (nSPS) is 11.1. The van der Waals surface area contributed by atoms with Crippen molar-refractivity contribution >= 4 is 33.7 Å². The van der Waals surface area contributed by atoms with Gasteiger partial charge in [-0.1, -0.05) is 0 Å². The van der Waals surface area contributed by atoms with E-state index >= 15 is 0 Å². The largest absolute Gasteiger partial charge is 0.497 e. The van der Waals surface area contributed by atoms with Crippen LogP contribution in [0.2, 0.25) is 0 Å². The summed E-state index contributed by atoms with van der Waals surface area (Å²) in [4.78, 5) is 16.9. The molecule has 7 nitrogen and oxygen atoms in total. The predicted molar refractivity (Wildman–Crippen MR) is 102 cm³/mol. The van der Waals surface area contributed by atoms with Crippen LogP contribution < -0.4 is 14.9 Å². The second-order valence-corrected chi connectivity index (χ2v) is 6.34. The van der Waals surface area contributed by atoms with Crippen molar-refractivity contribution in [2.45, 2.75) is 6.92 Å². The SMILES string of the molecule is COc1ccc(C=NNC(=O)c2c(C)nc3ccc(Br)cn23)c(OC)c1. The number of amides is 1. The Labute approximate surface area is 158 Å². The summed E-state index contributed by atoms with van der Waals surface area (Å²) in [7, 11) is 3.14. The van der Waals surface area contributed by atoms with Gasteiger partial charge in [-0.2, -0.15) is 5.10 Å². The highest BCUT2D eigenvalue weighted by molar-refractivity contribution is 9.10. The zero-order valence-corrected chi connectivity index (χ0v) is 16.1. The number of nitrogens with zero attached hydrogens (tertiary/aromatic N) is 3. The standard InChI is InChI=1S/C18H17BrN4O3/c1-11-17(23-10-13(19)5-7-16(23)21-11)18(24)22-20-9-12-4-6-14(25-2)8-15(12)26-3/h4-10H,1-3H3,(H,22,24). The Balaban J connectivity index is 1.82. The number of fused-ring (bicyclic) bond motifs is 1. The minimum absolute atomic E-state index is 0.350. The van der Waals surface area contributed by atoms with E-state index in [0.717, 1.165) is 4.47 Å². The molecule has 2 heterocycles. The van der Waals surface area contributed by atoms with Crippen LogP contribution >= 0.6 is 15.9 Å². The molecule has 1 N–H and O–H groups in total. The summed E-state index contributed by atoms with van der Waals surface area (Å²) in [6.07, 6.45) is 3.31. The molecular weight excluding hydrogens is 400 g/mol. The van der Waals surface area contributed by atoms with Crippen molar-refractivity contribution in [1.82, 2.24) is 14.8 Å². The van der Waals surface area contributed by atoms with Crippen LogP contribution in [0.15, 0.2) is 46.1 Å². The minimum Gasteiger partial charge on any atom is -0.497 e. The molecule has 134 valence electrons. The van der Waals surface area contributed by atoms with E-state index in [9.17, 15) is 4.79 Å². The number of hydrogen-bond donors (Lipinski definition) is 1. The molecule has 1 aromatic carbocycles. The van der Waals surface area contributed by atoms with E-state index in [1.54, 1.807) is 49.9 Å². The summed E-state index contributed by atoms with van der Waals surface area (Å²) < 4.78 is 13.0. The molecule has 0 aliphatic heterocycles. The number of rotatable bonds is 5. The van der Waals surface area contributed by atoms with Crippen molar-refractivity contribution in [3.63, 3.8) is 0 Å². The van der Waals surface area contributed by atoms with Crippen molar-refractivity contribution in [3.05, 3.63) is 58.0 Å². The van der Waals surface area contributed by atoms with Gasteiger partial charge in [0.15, 0.2) is 0 Å². The first-order valence-corrected chi connectivity index (χ1v) is 8.52. The molecule has 26 heavy (non-hydrogen) atoms. The van der Waals surface area contributed by atoms with Gasteiger partial charge in [0, 0.05) is 22.3 Å². The van der Waals surface area contributed by atoms with Crippen molar-refractivity contribution in [2.75, 3.05) is 14.2 Å². The molecular formula is C18H17BrN4O3. The monoisotopic (exact) mass is 416 g/mol. The third kappa shape index (κ3) is 3.55. The van der Waals surface area contributed by atoms with E-state index in [0.29, 0.717) is 34.1 Å². The second kappa shape index (κ2) is 7.57. The number of hydrazone groups is 1. The van der Waals surface area contributed by atoms with Crippen molar-refractivity contribution in [1.29, 1.82) is 0 Å². The molecule has 0 unspecified atom stereocenters. The Kier molecular flexibility index (Phi) is 5.22. The highest BCUT2D eigenvalue weighted by Gasteiger charge is 2.16. The first kappa shape index (κ1) is 17.9. The topological polar surface area (TPSA) is 77.2 Å². The summed E-state index contributed by atoms with van der Waals surface area (Å²) in [5, 5.41) is 4.03. The Bertz CT molecular complexity index is 998. The first-order valence-electron chi connectivity index (χ1n) is 7.73. The van der Waals surface area contributed by atoms with Crippen LogP contribution in [0, 0.1) is 6.92 Å². The van der Waals surface area contributed by atoms with E-state index in [1.165, 1.54) is 6.21 Å². The molecule has 2 aromatic heterocycles. The summed E-state index contributed by atoms with van der Waals surface area (Å²) in [5.41, 5.74) is 4.99. The molecule has 0 bridgehead atoms. The van der Waals surface area contributed by atoms with Gasteiger partial charge in [-0.3, -0.25) is 9.20 Å². The van der Waals surface area contributed by atoms with E-state index in [1.807, 2.05) is 12.1 Å². The van der Waals surface area contributed by atoms with Gasteiger partial charge in [-0.25, -0.2) is 10.4 Å². The number of ether oxygens (including phenoxy) is 2. The molecule has 1 amide bonds. The Morgan fingerprint density at radius 2 is 2.08 bits per heavy atom. The number of methoxy groups -OCH3 is 2. The number of imidazole rings is 1. The van der Waals surface area contributed by atoms with Crippen molar-refractivity contribution in [3.8, 4) is 11.5 Å². The molecule has 0 saturated heterocycles. The molecule has 0 aliphatic carbocycles. The maximum Gasteiger partial charge on any atom is 0.290 e. The van der Waals surface area contributed by atoms with Crippen LogP contribution in [0.4, 0.5) is 0 Å². The van der Waals surface area contributed by atoms with E-state index < -0.39 is 0 Å². The average Bonchev–Trinajstić information content (AvgIpc) is 2.96. The van der Waals surface area contributed by atoms with Gasteiger partial charge in [0.25, 0.3) is 5.91 Å². The maximum atomic E-state index is 12.5. The number of carbonyl (C=O) groups is 1. The van der Waals surface area contributed by atoms with Crippen LogP contribution in [0.25, 0.3) is 5.65 Å². The van der Waals surface area contributed by atoms with Crippen LogP contribution in [0.3, 0.4) is 0 Å². The fraction of sp³-hybridized carbons (Fsp3) is 0.167. The smallest absolute Gasteiger partial charge is 0.290 e. The number of aryl methyl sites for hydroxylation is 1. The number of halogens is 1. The van der Waals surface area contributed by atoms with Gasteiger partial charge in [-0.15, -0.1) is 0 Å². The number of hydrogen-bond acceptors (Lipinski definition) is 5. The van der Waals surface area contributed by atoms with E-state index in [-0.39, 0.29) is 5.91 Å². The Hall–Kier alpha value is -2.87. The van der Waals surface area contributed by atoms with E-state index in [2.05, 4.69) is 31.4 Å². The predicted octanol–water partition coefficient (Wildman–Crippen LogP) is 3.19. The highest BCUT2D eigenvalue weighted by atomic mass is 79.9. The lowest BCUT2D eigenvalue weighted by molar-refractivity contribution is 0.0948. The minimum atomic E-state index is -0.350. The molecule has 0 spiro atoms. The zero-order chi connectivity index (χ0) is 18.7. The van der Waals surface area contributed by atoms with Gasteiger partial charge >= 0.3 is 0 Å². The number of nitrogens with one attached hydrogen (secondary N) is 1. The van der Waals surface area contributed by atoms with Crippen LogP contribution in [0.5, 0.6) is 11.5 Å². The zero-order valence-electron chi connectivity index (χ0n) is 14.5. The fourth-order valence-corrected chi connectivity index (χ4v) is 2.89. The molecule has 3 aromatic rings. The van der Waals surface area contributed by atoms with Crippen LogP contribution in [0.1, 0.15) is 21.7 Å².